The van der Waals surface area contributed by atoms with E-state index in [-0.39, 0.29) is 29.6 Å². The number of aromatic nitrogens is 1. The normalized spacial score (nSPS) is 19.7. The molecule has 3 N–H and O–H groups in total. The van der Waals surface area contributed by atoms with E-state index in [9.17, 15) is 18.3 Å². The first-order valence-corrected chi connectivity index (χ1v) is 10.7. The number of aliphatic hydroxyl groups is 1. The summed E-state index contributed by atoms with van der Waals surface area (Å²) in [5.41, 5.74) is 6.95. The molecule has 2 atom stereocenters. The van der Waals surface area contributed by atoms with Crippen molar-refractivity contribution >= 4 is 0 Å². The average molecular weight is 466 g/mol. The summed E-state index contributed by atoms with van der Waals surface area (Å²) in [6, 6.07) is 21.0. The van der Waals surface area contributed by atoms with E-state index in [4.69, 9.17) is 14.9 Å². The van der Waals surface area contributed by atoms with Gasteiger partial charge in [0, 0.05) is 12.0 Å². The highest BCUT2D eigenvalue weighted by atomic mass is 19.4. The molecule has 1 aromatic heterocycles. The van der Waals surface area contributed by atoms with Gasteiger partial charge in [-0.25, -0.2) is 4.98 Å². The second-order valence-electron chi connectivity index (χ2n) is 8.35. The summed E-state index contributed by atoms with van der Waals surface area (Å²) in [4.78, 5) is 4.03. The molecule has 8 heteroatoms. The monoisotopic (exact) mass is 466 g/mol. The third-order valence-corrected chi connectivity index (χ3v) is 5.89. The first-order valence-electron chi connectivity index (χ1n) is 10.7. The van der Waals surface area contributed by atoms with Crippen LogP contribution in [0.15, 0.2) is 83.4 Å². The highest BCUT2D eigenvalue weighted by molar-refractivity contribution is 5.63. The Labute approximate surface area is 193 Å². The van der Waals surface area contributed by atoms with Crippen LogP contribution in [0.5, 0.6) is 5.75 Å². The molecule has 0 spiro atoms. The Hall–Kier alpha value is -3.62. The Balaban J connectivity index is 1.35. The number of alkyl halides is 3. The molecule has 34 heavy (non-hydrogen) atoms. The summed E-state index contributed by atoms with van der Waals surface area (Å²) in [6.07, 6.45) is -3.81. The molecule has 1 unspecified atom stereocenters. The molecule has 0 amide bonds. The fraction of sp³-hybridized carbons (Fsp3) is 0.192. The number of nitrogens with two attached hydrogens (primary N) is 1. The summed E-state index contributed by atoms with van der Waals surface area (Å²) in [5.74, 6) is -0.0497. The van der Waals surface area contributed by atoms with Crippen LogP contribution in [0.25, 0.3) is 22.5 Å². The highest BCUT2D eigenvalue weighted by Gasteiger charge is 2.55. The number of nitrogens with zero attached hydrogens (tertiary/aromatic N) is 1. The summed E-state index contributed by atoms with van der Waals surface area (Å²) < 4.78 is 52.5. The van der Waals surface area contributed by atoms with E-state index in [1.54, 1.807) is 0 Å². The van der Waals surface area contributed by atoms with Crippen LogP contribution in [0.1, 0.15) is 23.4 Å². The zero-order chi connectivity index (χ0) is 23.9. The molecule has 1 aliphatic carbocycles. The van der Waals surface area contributed by atoms with Gasteiger partial charge in [0.2, 0.25) is 5.89 Å². The van der Waals surface area contributed by atoms with Crippen LogP contribution in [0.3, 0.4) is 0 Å². The Kier molecular flexibility index (Phi) is 5.42. The van der Waals surface area contributed by atoms with Crippen molar-refractivity contribution < 1.29 is 27.4 Å². The second kappa shape index (κ2) is 8.30. The Morgan fingerprint density at radius 3 is 2.29 bits per heavy atom. The molecule has 5 nitrogen and oxygen atoms in total. The molecule has 174 valence electrons. The van der Waals surface area contributed by atoms with Crippen LogP contribution >= 0.6 is 0 Å². The molecular formula is C26H21F3N2O3. The number of rotatable bonds is 6. The fourth-order valence-electron chi connectivity index (χ4n) is 3.73. The van der Waals surface area contributed by atoms with Crippen molar-refractivity contribution in [1.82, 2.24) is 4.98 Å². The van der Waals surface area contributed by atoms with Gasteiger partial charge >= 0.3 is 6.18 Å². The fourth-order valence-corrected chi connectivity index (χ4v) is 3.73. The van der Waals surface area contributed by atoms with Gasteiger partial charge in [-0.1, -0.05) is 54.6 Å². The van der Waals surface area contributed by atoms with Gasteiger partial charge in [0.1, 0.15) is 17.9 Å². The maximum Gasteiger partial charge on any atom is 0.419 e. The minimum Gasteiger partial charge on any atom is -0.488 e. The Bertz CT molecular complexity index is 1300. The van der Waals surface area contributed by atoms with Gasteiger partial charge in [-0.2, -0.15) is 13.2 Å². The molecule has 1 fully saturated rings. The van der Waals surface area contributed by atoms with Gasteiger partial charge in [-0.15, -0.1) is 0 Å². The predicted molar refractivity (Wildman–Crippen MR) is 120 cm³/mol. The number of aliphatic hydroxyl groups excluding tert-OH is 1. The van der Waals surface area contributed by atoms with E-state index in [0.29, 0.717) is 6.42 Å². The Morgan fingerprint density at radius 1 is 1.00 bits per heavy atom. The predicted octanol–water partition coefficient (Wildman–Crippen LogP) is 5.53. The zero-order valence-corrected chi connectivity index (χ0v) is 17.9. The number of benzene rings is 3. The molecule has 0 radical (unpaired) electrons. The molecule has 0 saturated heterocycles. The third kappa shape index (κ3) is 4.30. The van der Waals surface area contributed by atoms with E-state index < -0.39 is 23.4 Å². The van der Waals surface area contributed by atoms with E-state index in [0.717, 1.165) is 22.8 Å². The van der Waals surface area contributed by atoms with E-state index in [1.807, 2.05) is 54.6 Å². The first kappa shape index (κ1) is 22.2. The molecular weight excluding hydrogens is 445 g/mol. The van der Waals surface area contributed by atoms with Crippen molar-refractivity contribution in [3.8, 4) is 28.2 Å². The standard InChI is InChI=1S/C26H21F3N2O3/c27-26(28,29)20-12-19(22-14-31-24(34-22)25(30)13-23(25)32)10-11-21(20)33-15-16-6-8-18(9-7-16)17-4-2-1-3-5-17/h1-12,14,23,32H,13,15,30H2/t23?,25-/m1/s1. The lowest BCUT2D eigenvalue weighted by molar-refractivity contribution is -0.139. The lowest BCUT2D eigenvalue weighted by Gasteiger charge is -2.15. The van der Waals surface area contributed by atoms with Gasteiger partial charge < -0.3 is 20.0 Å². The summed E-state index contributed by atoms with van der Waals surface area (Å²) in [7, 11) is 0. The molecule has 3 aromatic carbocycles. The van der Waals surface area contributed by atoms with E-state index in [2.05, 4.69) is 4.98 Å². The van der Waals surface area contributed by atoms with Crippen LogP contribution < -0.4 is 10.5 Å². The van der Waals surface area contributed by atoms with Crippen molar-refractivity contribution in [3.63, 3.8) is 0 Å². The largest absolute Gasteiger partial charge is 0.488 e. The summed E-state index contributed by atoms with van der Waals surface area (Å²) in [5, 5.41) is 9.64. The second-order valence-corrected chi connectivity index (χ2v) is 8.35. The van der Waals surface area contributed by atoms with Crippen molar-refractivity contribution in [2.45, 2.75) is 30.8 Å². The average Bonchev–Trinajstić information content (AvgIpc) is 3.22. The molecule has 0 bridgehead atoms. The smallest absolute Gasteiger partial charge is 0.419 e. The molecule has 5 rings (SSSR count). The van der Waals surface area contributed by atoms with Crippen molar-refractivity contribution in [3.05, 3.63) is 96.0 Å². The molecule has 1 aliphatic rings. The van der Waals surface area contributed by atoms with E-state index >= 15 is 0 Å². The van der Waals surface area contributed by atoms with Crippen LogP contribution in [0.2, 0.25) is 0 Å². The lowest BCUT2D eigenvalue weighted by atomic mass is 10.0. The number of hydrogen-bond acceptors (Lipinski definition) is 5. The van der Waals surface area contributed by atoms with Crippen LogP contribution in [-0.4, -0.2) is 16.2 Å². The topological polar surface area (TPSA) is 81.5 Å². The number of hydrogen-bond donors (Lipinski definition) is 2. The minimum atomic E-state index is -4.63. The number of halogens is 3. The van der Waals surface area contributed by atoms with Crippen molar-refractivity contribution in [2.75, 3.05) is 0 Å². The van der Waals surface area contributed by atoms with Gasteiger partial charge in [0.25, 0.3) is 0 Å². The molecule has 4 aromatic rings. The van der Waals surface area contributed by atoms with Gasteiger partial charge in [-0.05, 0) is 34.9 Å². The quantitative estimate of drug-likeness (QED) is 0.391. The van der Waals surface area contributed by atoms with Gasteiger partial charge in [0.05, 0.1) is 17.9 Å². The van der Waals surface area contributed by atoms with Crippen molar-refractivity contribution in [1.29, 1.82) is 0 Å². The maximum atomic E-state index is 13.8. The maximum absolute atomic E-state index is 13.8. The van der Waals surface area contributed by atoms with Crippen LogP contribution in [0.4, 0.5) is 13.2 Å². The summed E-state index contributed by atoms with van der Waals surface area (Å²) >= 11 is 0. The third-order valence-electron chi connectivity index (χ3n) is 5.89. The van der Waals surface area contributed by atoms with Crippen LogP contribution in [-0.2, 0) is 18.3 Å². The molecule has 1 heterocycles. The Morgan fingerprint density at radius 2 is 1.65 bits per heavy atom. The minimum absolute atomic E-state index is 0.0163. The summed E-state index contributed by atoms with van der Waals surface area (Å²) in [6.45, 7) is -0.0163. The molecule has 1 saturated carbocycles. The van der Waals surface area contributed by atoms with Gasteiger partial charge in [-0.3, -0.25) is 0 Å². The van der Waals surface area contributed by atoms with Crippen molar-refractivity contribution in [2.24, 2.45) is 5.73 Å². The highest BCUT2D eigenvalue weighted by Crippen LogP contribution is 2.44. The molecule has 0 aliphatic heterocycles. The lowest BCUT2D eigenvalue weighted by Crippen LogP contribution is -2.24. The zero-order valence-electron chi connectivity index (χ0n) is 17.9. The number of ether oxygens (including phenoxy) is 1. The first-order chi connectivity index (χ1) is 16.2. The van der Waals surface area contributed by atoms with Gasteiger partial charge in [0.15, 0.2) is 5.76 Å². The van der Waals surface area contributed by atoms with E-state index in [1.165, 1.54) is 18.3 Å². The SMILES string of the molecule is N[C@]1(c2ncc(-c3ccc(OCc4ccc(-c5ccccc5)cc4)c(C(F)(F)F)c3)o2)CC1O. The number of oxazole rings is 1. The van der Waals surface area contributed by atoms with Crippen LogP contribution in [0, 0.1) is 0 Å².